The normalized spacial score (nSPS) is 12.3. The number of thiol groups is 1. The van der Waals surface area contributed by atoms with E-state index in [-0.39, 0.29) is 9.64 Å². The van der Waals surface area contributed by atoms with Gasteiger partial charge in [-0.05, 0) is 24.1 Å². The van der Waals surface area contributed by atoms with Gasteiger partial charge in [-0.3, -0.25) is 4.72 Å². The van der Waals surface area contributed by atoms with Crippen LogP contribution >= 0.6 is 24.0 Å². The van der Waals surface area contributed by atoms with Gasteiger partial charge in [-0.15, -0.1) is 11.3 Å². The van der Waals surface area contributed by atoms with Gasteiger partial charge in [0, 0.05) is 16.3 Å². The highest BCUT2D eigenvalue weighted by Gasteiger charge is 2.17. The third kappa shape index (κ3) is 4.22. The molecule has 0 atom stereocenters. The minimum absolute atomic E-state index is 0.125. The van der Waals surface area contributed by atoms with Crippen molar-refractivity contribution < 1.29 is 8.42 Å². The number of rotatable bonds is 5. The standard InChI is InChI=1S/C13H16N2O2S3/c1-13(2,18)9-10-3-5-11(6-4-10)20(16,17)15-12-14-7-8-19-12/h3-8,18H,9H2,1-2H3,(H,14,15). The van der Waals surface area contributed by atoms with Gasteiger partial charge in [0.05, 0.1) is 4.90 Å². The number of thiazole rings is 1. The first-order chi connectivity index (χ1) is 9.26. The van der Waals surface area contributed by atoms with E-state index in [0.717, 1.165) is 12.0 Å². The number of aromatic nitrogens is 1. The van der Waals surface area contributed by atoms with Crippen molar-refractivity contribution in [2.75, 3.05) is 4.72 Å². The molecule has 7 heteroatoms. The first-order valence-electron chi connectivity index (χ1n) is 6.00. The highest BCUT2D eigenvalue weighted by Crippen LogP contribution is 2.22. The zero-order chi connectivity index (χ0) is 14.8. The molecule has 1 aromatic heterocycles. The fourth-order valence-electron chi connectivity index (χ4n) is 1.73. The van der Waals surface area contributed by atoms with Gasteiger partial charge >= 0.3 is 0 Å². The minimum Gasteiger partial charge on any atom is -0.255 e. The maximum Gasteiger partial charge on any atom is 0.263 e. The number of nitrogens with zero attached hydrogens (tertiary/aromatic N) is 1. The van der Waals surface area contributed by atoms with E-state index in [1.54, 1.807) is 23.7 Å². The van der Waals surface area contributed by atoms with Crippen LogP contribution in [0.2, 0.25) is 0 Å². The Morgan fingerprint density at radius 2 is 1.95 bits per heavy atom. The number of nitrogens with one attached hydrogen (secondary N) is 1. The molecule has 0 saturated carbocycles. The van der Waals surface area contributed by atoms with Gasteiger partial charge in [-0.1, -0.05) is 26.0 Å². The van der Waals surface area contributed by atoms with Crippen LogP contribution in [0.15, 0.2) is 40.7 Å². The number of hydrogen-bond donors (Lipinski definition) is 2. The number of anilines is 1. The van der Waals surface area contributed by atoms with Crippen molar-refractivity contribution in [1.82, 2.24) is 4.98 Å². The zero-order valence-corrected chi connectivity index (χ0v) is 13.7. The second-order valence-electron chi connectivity index (χ2n) is 5.08. The molecule has 0 radical (unpaired) electrons. The number of benzene rings is 1. The summed E-state index contributed by atoms with van der Waals surface area (Å²) in [5, 5.41) is 2.08. The van der Waals surface area contributed by atoms with E-state index in [1.807, 2.05) is 26.0 Å². The van der Waals surface area contributed by atoms with E-state index in [2.05, 4.69) is 22.3 Å². The molecule has 20 heavy (non-hydrogen) atoms. The molecule has 4 nitrogen and oxygen atoms in total. The predicted molar refractivity (Wildman–Crippen MR) is 86.1 cm³/mol. The van der Waals surface area contributed by atoms with E-state index >= 15 is 0 Å². The Bertz CT molecular complexity index is 657. The van der Waals surface area contributed by atoms with Gasteiger partial charge in [0.25, 0.3) is 10.0 Å². The minimum atomic E-state index is -3.56. The summed E-state index contributed by atoms with van der Waals surface area (Å²) in [6.07, 6.45) is 2.33. The van der Waals surface area contributed by atoms with E-state index < -0.39 is 10.0 Å². The molecular weight excluding hydrogens is 312 g/mol. The average molecular weight is 328 g/mol. The first-order valence-corrected chi connectivity index (χ1v) is 8.81. The maximum absolute atomic E-state index is 12.1. The summed E-state index contributed by atoms with van der Waals surface area (Å²) in [4.78, 5) is 4.14. The molecule has 0 aliphatic heterocycles. The van der Waals surface area contributed by atoms with Crippen molar-refractivity contribution in [1.29, 1.82) is 0 Å². The molecule has 2 aromatic rings. The van der Waals surface area contributed by atoms with E-state index in [9.17, 15) is 8.42 Å². The second-order valence-corrected chi connectivity index (χ2v) is 8.86. The third-order valence-corrected chi connectivity index (χ3v) is 4.86. The van der Waals surface area contributed by atoms with Crippen molar-refractivity contribution in [3.8, 4) is 0 Å². The van der Waals surface area contributed by atoms with Crippen molar-refractivity contribution in [2.45, 2.75) is 29.9 Å². The molecule has 0 bridgehead atoms. The molecule has 108 valence electrons. The Balaban J connectivity index is 2.17. The molecule has 0 amide bonds. The Hall–Kier alpha value is -1.05. The predicted octanol–water partition coefficient (Wildman–Crippen LogP) is 3.19. The molecule has 0 fully saturated rings. The maximum atomic E-state index is 12.1. The summed E-state index contributed by atoms with van der Waals surface area (Å²) >= 11 is 5.71. The van der Waals surface area contributed by atoms with E-state index in [4.69, 9.17) is 0 Å². The summed E-state index contributed by atoms with van der Waals surface area (Å²) in [7, 11) is -3.56. The second kappa shape index (κ2) is 5.75. The SMILES string of the molecule is CC(C)(S)Cc1ccc(S(=O)(=O)Nc2nccs2)cc1. The number of hydrogen-bond acceptors (Lipinski definition) is 5. The van der Waals surface area contributed by atoms with Gasteiger partial charge in [-0.25, -0.2) is 13.4 Å². The van der Waals surface area contributed by atoms with Crippen LogP contribution in [0.4, 0.5) is 5.13 Å². The van der Waals surface area contributed by atoms with Crippen molar-refractivity contribution in [3.63, 3.8) is 0 Å². The highest BCUT2D eigenvalue weighted by atomic mass is 32.2. The Morgan fingerprint density at radius 3 is 2.45 bits per heavy atom. The Labute approximate surface area is 128 Å². The van der Waals surface area contributed by atoms with Gasteiger partial charge in [-0.2, -0.15) is 12.6 Å². The van der Waals surface area contributed by atoms with E-state index in [1.165, 1.54) is 11.3 Å². The molecule has 0 aliphatic carbocycles. The first kappa shape index (κ1) is 15.3. The average Bonchev–Trinajstić information content (AvgIpc) is 2.79. The van der Waals surface area contributed by atoms with Crippen LogP contribution in [0.5, 0.6) is 0 Å². The monoisotopic (exact) mass is 328 g/mol. The molecule has 0 unspecified atom stereocenters. The molecular formula is C13H16N2O2S3. The topological polar surface area (TPSA) is 59.1 Å². The smallest absolute Gasteiger partial charge is 0.255 e. The molecule has 0 saturated heterocycles. The summed E-state index contributed by atoms with van der Waals surface area (Å²) in [6, 6.07) is 6.83. The summed E-state index contributed by atoms with van der Waals surface area (Å²) in [5.74, 6) is 0. The van der Waals surface area contributed by atoms with Crippen molar-refractivity contribution >= 4 is 39.1 Å². The summed E-state index contributed by atoms with van der Waals surface area (Å²) in [6.45, 7) is 4.04. The lowest BCUT2D eigenvalue weighted by Crippen LogP contribution is -2.15. The lowest BCUT2D eigenvalue weighted by molar-refractivity contribution is 0.601. The van der Waals surface area contributed by atoms with Gasteiger partial charge in [0.15, 0.2) is 5.13 Å². The zero-order valence-electron chi connectivity index (χ0n) is 11.2. The van der Waals surface area contributed by atoms with Gasteiger partial charge in [0.2, 0.25) is 0 Å². The van der Waals surface area contributed by atoms with Crippen molar-refractivity contribution in [2.24, 2.45) is 0 Å². The largest absolute Gasteiger partial charge is 0.263 e. The molecule has 2 rings (SSSR count). The fraction of sp³-hybridized carbons (Fsp3) is 0.308. The summed E-state index contributed by atoms with van der Waals surface area (Å²) < 4.78 is 26.6. The lowest BCUT2D eigenvalue weighted by Gasteiger charge is -2.17. The summed E-state index contributed by atoms with van der Waals surface area (Å²) in [5.41, 5.74) is 1.05. The van der Waals surface area contributed by atoms with Crippen LogP contribution in [-0.2, 0) is 16.4 Å². The van der Waals surface area contributed by atoms with Crippen LogP contribution in [0.25, 0.3) is 0 Å². The molecule has 0 spiro atoms. The lowest BCUT2D eigenvalue weighted by atomic mass is 10.0. The van der Waals surface area contributed by atoms with Crippen LogP contribution in [0.1, 0.15) is 19.4 Å². The van der Waals surface area contributed by atoms with Crippen LogP contribution in [0.3, 0.4) is 0 Å². The Kier molecular flexibility index (Phi) is 4.41. The molecule has 1 N–H and O–H groups in total. The Morgan fingerprint density at radius 1 is 1.30 bits per heavy atom. The molecule has 0 aliphatic rings. The van der Waals surface area contributed by atoms with Gasteiger partial charge < -0.3 is 0 Å². The van der Waals surface area contributed by atoms with E-state index in [0.29, 0.717) is 5.13 Å². The fourth-order valence-corrected chi connectivity index (χ4v) is 3.71. The third-order valence-electron chi connectivity index (χ3n) is 2.52. The number of sulfonamides is 1. The molecule has 1 aromatic carbocycles. The van der Waals surface area contributed by atoms with Crippen LogP contribution < -0.4 is 4.72 Å². The quantitative estimate of drug-likeness (QED) is 0.829. The van der Waals surface area contributed by atoms with Gasteiger partial charge in [0.1, 0.15) is 0 Å². The van der Waals surface area contributed by atoms with Crippen molar-refractivity contribution in [3.05, 3.63) is 41.4 Å². The molecule has 1 heterocycles. The van der Waals surface area contributed by atoms with Crippen LogP contribution in [0, 0.1) is 0 Å². The highest BCUT2D eigenvalue weighted by molar-refractivity contribution is 7.93. The van der Waals surface area contributed by atoms with Crippen LogP contribution in [-0.4, -0.2) is 18.1 Å².